The van der Waals surface area contributed by atoms with Gasteiger partial charge in [0.05, 0.1) is 11.3 Å². The van der Waals surface area contributed by atoms with Crippen LogP contribution in [0.1, 0.15) is 10.4 Å². The molecular formula is C13H7Br3ClNO2. The van der Waals surface area contributed by atoms with Gasteiger partial charge in [-0.15, -0.1) is 0 Å². The highest BCUT2D eigenvalue weighted by atomic mass is 79.9. The van der Waals surface area contributed by atoms with Crippen molar-refractivity contribution in [3.05, 3.63) is 54.3 Å². The number of nitrogens with one attached hydrogen (secondary N) is 1. The molecule has 2 aromatic rings. The molecular weight excluding hydrogens is 477 g/mol. The fraction of sp³-hybridized carbons (Fsp3) is 0. The number of phenols is 1. The molecule has 0 unspecified atom stereocenters. The summed E-state index contributed by atoms with van der Waals surface area (Å²) in [6.07, 6.45) is 0. The highest BCUT2D eigenvalue weighted by Crippen LogP contribution is 2.35. The minimum absolute atomic E-state index is 0.110. The van der Waals surface area contributed by atoms with E-state index in [1.807, 2.05) is 0 Å². The molecule has 1 amide bonds. The number of anilines is 1. The second kappa shape index (κ2) is 6.47. The van der Waals surface area contributed by atoms with Crippen LogP contribution in [0, 0.1) is 0 Å². The molecule has 0 aromatic heterocycles. The van der Waals surface area contributed by atoms with Crippen molar-refractivity contribution in [3.8, 4) is 5.75 Å². The zero-order valence-electron chi connectivity index (χ0n) is 9.75. The summed E-state index contributed by atoms with van der Waals surface area (Å²) >= 11 is 15.9. The van der Waals surface area contributed by atoms with Crippen molar-refractivity contribution in [1.29, 1.82) is 0 Å². The van der Waals surface area contributed by atoms with Crippen LogP contribution in [0.15, 0.2) is 43.7 Å². The van der Waals surface area contributed by atoms with E-state index in [2.05, 4.69) is 53.1 Å². The average molecular weight is 484 g/mol. The van der Waals surface area contributed by atoms with Crippen molar-refractivity contribution in [2.45, 2.75) is 0 Å². The Morgan fingerprint density at radius 2 is 1.70 bits per heavy atom. The summed E-state index contributed by atoms with van der Waals surface area (Å²) in [7, 11) is 0. The molecule has 3 nitrogen and oxygen atoms in total. The van der Waals surface area contributed by atoms with Gasteiger partial charge in [-0.05, 0) is 62.2 Å². The minimum atomic E-state index is -0.450. The van der Waals surface area contributed by atoms with E-state index < -0.39 is 5.91 Å². The van der Waals surface area contributed by atoms with Gasteiger partial charge in [-0.1, -0.05) is 27.5 Å². The lowest BCUT2D eigenvalue weighted by Crippen LogP contribution is -2.13. The number of halogens is 4. The van der Waals surface area contributed by atoms with Crippen LogP contribution in [-0.2, 0) is 0 Å². The van der Waals surface area contributed by atoms with Gasteiger partial charge >= 0.3 is 0 Å². The Morgan fingerprint density at radius 3 is 2.30 bits per heavy atom. The number of carbonyl (C=O) groups is 1. The number of rotatable bonds is 2. The molecule has 0 radical (unpaired) electrons. The van der Waals surface area contributed by atoms with Gasteiger partial charge in [0, 0.05) is 18.4 Å². The van der Waals surface area contributed by atoms with Crippen molar-refractivity contribution in [1.82, 2.24) is 0 Å². The molecule has 0 aliphatic carbocycles. The first-order chi connectivity index (χ1) is 9.38. The number of phenolic OH excluding ortho intramolecular Hbond substituents is 1. The predicted octanol–water partition coefficient (Wildman–Crippen LogP) is 5.59. The summed E-state index contributed by atoms with van der Waals surface area (Å²) in [6, 6.07) is 7.91. The molecule has 0 saturated carbocycles. The summed E-state index contributed by atoms with van der Waals surface area (Å²) in [5.41, 5.74) is 0.678. The molecule has 0 fully saturated rings. The monoisotopic (exact) mass is 481 g/mol. The van der Waals surface area contributed by atoms with Crippen molar-refractivity contribution in [3.63, 3.8) is 0 Å². The van der Waals surface area contributed by atoms with Crippen LogP contribution in [0.3, 0.4) is 0 Å². The highest BCUT2D eigenvalue weighted by molar-refractivity contribution is 9.11. The summed E-state index contributed by atoms with van der Waals surface area (Å²) in [6.45, 7) is 0. The molecule has 0 heterocycles. The van der Waals surface area contributed by atoms with Crippen molar-refractivity contribution in [2.75, 3.05) is 5.32 Å². The van der Waals surface area contributed by atoms with Crippen molar-refractivity contribution >= 4 is 71.0 Å². The molecule has 20 heavy (non-hydrogen) atoms. The van der Waals surface area contributed by atoms with Crippen LogP contribution in [-0.4, -0.2) is 11.0 Å². The van der Waals surface area contributed by atoms with Crippen LogP contribution in [0.4, 0.5) is 5.69 Å². The van der Waals surface area contributed by atoms with Crippen LogP contribution in [0.5, 0.6) is 5.75 Å². The van der Waals surface area contributed by atoms with Gasteiger partial charge in [0.15, 0.2) is 0 Å². The first kappa shape index (κ1) is 15.8. The first-order valence-electron chi connectivity index (χ1n) is 5.33. The maximum atomic E-state index is 12.2. The highest BCUT2D eigenvalue weighted by Gasteiger charge is 2.15. The molecule has 0 bridgehead atoms. The average Bonchev–Trinajstić information content (AvgIpc) is 2.36. The number of amides is 1. The molecule has 2 aromatic carbocycles. The zero-order chi connectivity index (χ0) is 14.9. The van der Waals surface area contributed by atoms with E-state index in [1.165, 1.54) is 18.2 Å². The van der Waals surface area contributed by atoms with Crippen molar-refractivity contribution in [2.24, 2.45) is 0 Å². The SMILES string of the molecule is O=C(Nc1c(Br)cc(Br)cc1Br)c1cc(Cl)ccc1O. The van der Waals surface area contributed by atoms with E-state index in [1.54, 1.807) is 12.1 Å². The minimum Gasteiger partial charge on any atom is -0.507 e. The number of aromatic hydroxyl groups is 1. The van der Waals surface area contributed by atoms with Crippen LogP contribution in [0.25, 0.3) is 0 Å². The van der Waals surface area contributed by atoms with E-state index in [4.69, 9.17) is 11.6 Å². The number of benzene rings is 2. The molecule has 7 heteroatoms. The van der Waals surface area contributed by atoms with Gasteiger partial charge in [-0.25, -0.2) is 0 Å². The van der Waals surface area contributed by atoms with E-state index in [0.29, 0.717) is 19.7 Å². The Morgan fingerprint density at radius 1 is 1.10 bits per heavy atom. The fourth-order valence-corrected chi connectivity index (χ4v) is 4.16. The van der Waals surface area contributed by atoms with Gasteiger partial charge < -0.3 is 10.4 Å². The predicted molar refractivity (Wildman–Crippen MR) is 90.6 cm³/mol. The molecule has 0 spiro atoms. The largest absolute Gasteiger partial charge is 0.507 e. The Kier molecular flexibility index (Phi) is 5.12. The lowest BCUT2D eigenvalue weighted by atomic mass is 10.2. The Bertz CT molecular complexity index is 668. The number of hydrogen-bond acceptors (Lipinski definition) is 2. The Labute approximate surface area is 145 Å². The first-order valence-corrected chi connectivity index (χ1v) is 8.08. The molecule has 2 rings (SSSR count). The van der Waals surface area contributed by atoms with Crippen LogP contribution >= 0.6 is 59.4 Å². The van der Waals surface area contributed by atoms with Gasteiger partial charge in [0.2, 0.25) is 0 Å². The summed E-state index contributed by atoms with van der Waals surface area (Å²) < 4.78 is 2.27. The van der Waals surface area contributed by atoms with E-state index in [-0.39, 0.29) is 11.3 Å². The van der Waals surface area contributed by atoms with E-state index >= 15 is 0 Å². The zero-order valence-corrected chi connectivity index (χ0v) is 15.3. The molecule has 0 aliphatic rings. The van der Waals surface area contributed by atoms with Gasteiger partial charge in [0.1, 0.15) is 5.75 Å². The van der Waals surface area contributed by atoms with Crippen LogP contribution in [0.2, 0.25) is 5.02 Å². The standard InChI is InChI=1S/C13H7Br3ClNO2/c14-6-3-9(15)12(10(16)4-6)18-13(20)8-5-7(17)1-2-11(8)19/h1-5,19H,(H,18,20). The molecule has 2 N–H and O–H groups in total. The van der Waals surface area contributed by atoms with Crippen LogP contribution < -0.4 is 5.32 Å². The third kappa shape index (κ3) is 3.55. The Hall–Kier alpha value is -0.560. The quantitative estimate of drug-likeness (QED) is 0.585. The summed E-state index contributed by atoms with van der Waals surface area (Å²) in [4.78, 5) is 12.2. The fourth-order valence-electron chi connectivity index (χ4n) is 1.53. The molecule has 0 atom stereocenters. The van der Waals surface area contributed by atoms with E-state index in [0.717, 1.165) is 4.47 Å². The summed E-state index contributed by atoms with van der Waals surface area (Å²) in [5.74, 6) is -0.579. The smallest absolute Gasteiger partial charge is 0.259 e. The third-order valence-electron chi connectivity index (χ3n) is 2.45. The van der Waals surface area contributed by atoms with Crippen molar-refractivity contribution < 1.29 is 9.90 Å². The second-order valence-corrected chi connectivity index (χ2v) is 6.92. The van der Waals surface area contributed by atoms with Gasteiger partial charge in [-0.2, -0.15) is 0 Å². The van der Waals surface area contributed by atoms with Gasteiger partial charge in [-0.3, -0.25) is 4.79 Å². The maximum absolute atomic E-state index is 12.2. The molecule has 0 saturated heterocycles. The number of hydrogen-bond donors (Lipinski definition) is 2. The topological polar surface area (TPSA) is 49.3 Å². The van der Waals surface area contributed by atoms with E-state index in [9.17, 15) is 9.90 Å². The molecule has 0 aliphatic heterocycles. The lowest BCUT2D eigenvalue weighted by Gasteiger charge is -2.11. The summed E-state index contributed by atoms with van der Waals surface area (Å²) in [5, 5.41) is 12.8. The third-order valence-corrected chi connectivity index (χ3v) is 4.39. The second-order valence-electron chi connectivity index (χ2n) is 3.86. The molecule has 104 valence electrons. The van der Waals surface area contributed by atoms with Gasteiger partial charge in [0.25, 0.3) is 5.91 Å². The number of carbonyl (C=O) groups excluding carboxylic acids is 1. The Balaban J connectivity index is 2.35. The maximum Gasteiger partial charge on any atom is 0.259 e. The lowest BCUT2D eigenvalue weighted by molar-refractivity contribution is 0.102. The normalized spacial score (nSPS) is 10.4.